The SMILES string of the molecule is CCCCS(=O)(=O)[OH+]S(c1ccccc1)(c1ccccc1)c1ccc(OC(=O)OC(C)(C)C)cc1. The predicted octanol–water partition coefficient (Wildman–Crippen LogP) is 7.42. The van der Waals surface area contributed by atoms with E-state index in [-0.39, 0.29) is 5.75 Å². The zero-order valence-corrected chi connectivity index (χ0v) is 22.1. The summed E-state index contributed by atoms with van der Waals surface area (Å²) in [5.74, 6) is 0.281. The van der Waals surface area contributed by atoms with Crippen LogP contribution in [0.25, 0.3) is 0 Å². The lowest BCUT2D eigenvalue weighted by Gasteiger charge is -2.34. The van der Waals surface area contributed by atoms with Crippen molar-refractivity contribution in [1.29, 1.82) is 0 Å². The largest absolute Gasteiger partial charge is 0.514 e. The number of rotatable bonds is 9. The second-order valence-corrected chi connectivity index (χ2v) is 13.7. The van der Waals surface area contributed by atoms with E-state index in [1.165, 1.54) is 0 Å². The molecule has 188 valence electrons. The van der Waals surface area contributed by atoms with Crippen LogP contribution in [0.15, 0.2) is 99.6 Å². The van der Waals surface area contributed by atoms with Gasteiger partial charge in [-0.3, -0.25) is 3.63 Å². The van der Waals surface area contributed by atoms with Gasteiger partial charge < -0.3 is 9.47 Å². The van der Waals surface area contributed by atoms with E-state index in [0.717, 1.165) is 16.2 Å². The van der Waals surface area contributed by atoms with E-state index < -0.39 is 32.2 Å². The van der Waals surface area contributed by atoms with Gasteiger partial charge in [0.05, 0.1) is 25.0 Å². The third-order valence-electron chi connectivity index (χ3n) is 4.91. The molecule has 0 fully saturated rings. The average molecular weight is 518 g/mol. The summed E-state index contributed by atoms with van der Waals surface area (Å²) in [4.78, 5) is 14.4. The van der Waals surface area contributed by atoms with Gasteiger partial charge in [0.2, 0.25) is 0 Å². The Morgan fingerprint density at radius 1 is 0.800 bits per heavy atom. The number of hydrogen-bond acceptors (Lipinski definition) is 5. The Morgan fingerprint density at radius 3 is 1.74 bits per heavy atom. The molecule has 0 amide bonds. The van der Waals surface area contributed by atoms with Crippen molar-refractivity contribution in [3.8, 4) is 5.75 Å². The summed E-state index contributed by atoms with van der Waals surface area (Å²) in [6.45, 7) is 7.23. The highest BCUT2D eigenvalue weighted by Gasteiger charge is 2.42. The van der Waals surface area contributed by atoms with Crippen LogP contribution in [-0.4, -0.2) is 29.6 Å². The molecule has 0 saturated carbocycles. The maximum atomic E-state index is 13.2. The molecular formula is C27H33O6S2+. The first kappa shape index (κ1) is 26.8. The molecule has 35 heavy (non-hydrogen) atoms. The summed E-state index contributed by atoms with van der Waals surface area (Å²) >= 11 is 0. The lowest BCUT2D eigenvalue weighted by Crippen LogP contribution is -2.26. The second-order valence-electron chi connectivity index (χ2n) is 8.96. The highest BCUT2D eigenvalue weighted by Crippen LogP contribution is 2.68. The quantitative estimate of drug-likeness (QED) is 0.128. The molecule has 3 aromatic rings. The Kier molecular flexibility index (Phi) is 8.64. The van der Waals surface area contributed by atoms with Gasteiger partial charge in [0.25, 0.3) is 0 Å². The topological polar surface area (TPSA) is 82.5 Å². The molecule has 0 heterocycles. The number of carbonyl (C=O) groups excluding carboxylic acids is 1. The predicted molar refractivity (Wildman–Crippen MR) is 140 cm³/mol. The number of benzene rings is 3. The molecule has 0 aliphatic heterocycles. The van der Waals surface area contributed by atoms with Crippen molar-refractivity contribution in [3.05, 3.63) is 84.9 Å². The minimum Gasteiger partial charge on any atom is -0.428 e. The van der Waals surface area contributed by atoms with Crippen molar-refractivity contribution in [3.63, 3.8) is 0 Å². The number of ether oxygens (including phenoxy) is 2. The van der Waals surface area contributed by atoms with Gasteiger partial charge in [-0.1, -0.05) is 49.7 Å². The summed E-state index contributed by atoms with van der Waals surface area (Å²) in [6, 6.07) is 25.8. The normalized spacial score (nSPS) is 12.7. The average Bonchev–Trinajstić information content (AvgIpc) is 2.82. The van der Waals surface area contributed by atoms with Gasteiger partial charge in [0.1, 0.15) is 17.1 Å². The Hall–Kier alpha value is -2.81. The van der Waals surface area contributed by atoms with Crippen LogP contribution in [0.4, 0.5) is 4.79 Å². The zero-order chi connectivity index (χ0) is 25.5. The third-order valence-corrected chi connectivity index (χ3v) is 10.4. The summed E-state index contributed by atoms with van der Waals surface area (Å²) in [5, 5.41) is 0. The number of unbranched alkanes of at least 4 members (excludes halogenated alkanes) is 1. The first-order valence-corrected chi connectivity index (χ1v) is 14.7. The van der Waals surface area contributed by atoms with Crippen molar-refractivity contribution in [2.24, 2.45) is 0 Å². The third kappa shape index (κ3) is 7.10. The molecule has 3 rings (SSSR count). The van der Waals surface area contributed by atoms with Gasteiger partial charge in [-0.25, -0.2) is 4.79 Å². The summed E-state index contributed by atoms with van der Waals surface area (Å²) in [6.07, 6.45) is 0.486. The first-order valence-electron chi connectivity index (χ1n) is 11.5. The van der Waals surface area contributed by atoms with Crippen LogP contribution >= 0.6 is 10.3 Å². The molecule has 3 aromatic carbocycles. The van der Waals surface area contributed by atoms with Crippen LogP contribution in [0.5, 0.6) is 5.75 Å². The van der Waals surface area contributed by atoms with Crippen molar-refractivity contribution in [1.82, 2.24) is 0 Å². The monoisotopic (exact) mass is 517 g/mol. The van der Waals surface area contributed by atoms with E-state index in [9.17, 15) is 13.2 Å². The highest BCUT2D eigenvalue weighted by atomic mass is 32.3. The van der Waals surface area contributed by atoms with E-state index in [2.05, 4.69) is 3.63 Å². The Bertz CT molecular complexity index is 1160. The fourth-order valence-corrected chi connectivity index (χ4v) is 9.17. The lowest BCUT2D eigenvalue weighted by molar-refractivity contribution is 0.0206. The van der Waals surface area contributed by atoms with E-state index >= 15 is 0 Å². The zero-order valence-electron chi connectivity index (χ0n) is 20.5. The molecule has 0 aromatic heterocycles. The van der Waals surface area contributed by atoms with Crippen molar-refractivity contribution in [2.75, 3.05) is 5.75 Å². The smallest absolute Gasteiger partial charge is 0.428 e. The van der Waals surface area contributed by atoms with E-state index in [1.54, 1.807) is 45.0 Å². The van der Waals surface area contributed by atoms with Crippen molar-refractivity contribution >= 4 is 26.6 Å². The first-order chi connectivity index (χ1) is 16.6. The van der Waals surface area contributed by atoms with Gasteiger partial charge >= 0.3 is 16.3 Å². The Morgan fingerprint density at radius 2 is 1.29 bits per heavy atom. The van der Waals surface area contributed by atoms with Crippen LogP contribution < -0.4 is 4.74 Å². The van der Waals surface area contributed by atoms with Gasteiger partial charge in [-0.2, -0.15) is 8.42 Å². The molecule has 6 nitrogen and oxygen atoms in total. The molecule has 0 aliphatic rings. The maximum Gasteiger partial charge on any atom is 0.514 e. The van der Waals surface area contributed by atoms with E-state index in [1.807, 2.05) is 67.6 Å². The molecule has 0 atom stereocenters. The van der Waals surface area contributed by atoms with Gasteiger partial charge in [-0.15, -0.1) is 0 Å². The Balaban J connectivity index is 2.11. The molecule has 1 N–H and O–H groups in total. The molecule has 0 spiro atoms. The number of hydrogen-bond donors (Lipinski definition) is 0. The molecule has 8 heteroatoms. The van der Waals surface area contributed by atoms with Crippen LogP contribution in [0.2, 0.25) is 0 Å². The Labute approximate surface area is 209 Å². The molecule has 0 unspecified atom stereocenters. The van der Waals surface area contributed by atoms with Gasteiger partial charge in [-0.05, 0) is 75.7 Å². The van der Waals surface area contributed by atoms with Crippen molar-refractivity contribution in [2.45, 2.75) is 60.8 Å². The van der Waals surface area contributed by atoms with Gasteiger partial charge in [0, 0.05) is 0 Å². The van der Waals surface area contributed by atoms with Crippen molar-refractivity contribution < 1.29 is 26.3 Å². The van der Waals surface area contributed by atoms with Gasteiger partial charge in [0.15, 0.2) is 0 Å². The maximum absolute atomic E-state index is 13.2. The van der Waals surface area contributed by atoms with Crippen LogP contribution in [0.3, 0.4) is 0 Å². The fraction of sp³-hybridized carbons (Fsp3) is 0.296. The van der Waals surface area contributed by atoms with Crippen LogP contribution in [0.1, 0.15) is 40.5 Å². The second kappa shape index (κ2) is 11.3. The van der Waals surface area contributed by atoms with E-state index in [4.69, 9.17) is 9.47 Å². The minimum atomic E-state index is -3.74. The number of carbonyl (C=O) groups is 1. The fourth-order valence-electron chi connectivity index (χ4n) is 3.38. The summed E-state index contributed by atoms with van der Waals surface area (Å²) in [5.41, 5.74) is -0.678. The van der Waals surface area contributed by atoms with Crippen LogP contribution in [0, 0.1) is 0 Å². The molecule has 0 bridgehead atoms. The summed E-state index contributed by atoms with van der Waals surface area (Å²) < 4.78 is 41.7. The molecule has 0 saturated heterocycles. The standard InChI is InChI=1S/C27H32O6S2/c1-5-6-21-34(29,30)33-35(23-13-9-7-10-14-23,24-15-11-8-12-16-24)25-19-17-22(18-20-25)31-26(28)32-27(2,3)4/h7-20H,5-6,21H2,1-4H3/p+1. The van der Waals surface area contributed by atoms with Crippen LogP contribution in [-0.2, 0) is 14.9 Å². The van der Waals surface area contributed by atoms with E-state index in [0.29, 0.717) is 17.1 Å². The molecular weight excluding hydrogens is 484 g/mol. The summed E-state index contributed by atoms with van der Waals surface area (Å²) in [7, 11) is -6.27. The lowest BCUT2D eigenvalue weighted by atomic mass is 10.2. The highest BCUT2D eigenvalue weighted by molar-refractivity contribution is 8.32. The molecule has 0 aliphatic carbocycles. The molecule has 0 radical (unpaired) electrons. The minimum absolute atomic E-state index is 0.0161.